The summed E-state index contributed by atoms with van der Waals surface area (Å²) in [6.45, 7) is 3.30. The predicted molar refractivity (Wildman–Crippen MR) is 74.4 cm³/mol. The molecule has 1 heterocycles. The first-order valence-electron chi connectivity index (χ1n) is 6.99. The fourth-order valence-electron chi connectivity index (χ4n) is 2.65. The maximum absolute atomic E-state index is 13.1. The van der Waals surface area contributed by atoms with Crippen molar-refractivity contribution < 1.29 is 4.39 Å². The van der Waals surface area contributed by atoms with Gasteiger partial charge >= 0.3 is 0 Å². The molecule has 2 unspecified atom stereocenters. The van der Waals surface area contributed by atoms with E-state index in [2.05, 4.69) is 17.6 Å². The molecule has 0 spiro atoms. The maximum Gasteiger partial charge on any atom is 0.125 e. The maximum atomic E-state index is 13.1. The third-order valence-corrected chi connectivity index (χ3v) is 3.54. The van der Waals surface area contributed by atoms with Crippen LogP contribution in [0.5, 0.6) is 0 Å². The molecular formula is C15H23FN2. The third-order valence-electron chi connectivity index (χ3n) is 3.54. The third kappa shape index (κ3) is 4.30. The fraction of sp³-hybridized carbons (Fsp3) is 0.600. The largest absolute Gasteiger partial charge is 0.382 e. The Kier molecular flexibility index (Phi) is 5.00. The van der Waals surface area contributed by atoms with Crippen molar-refractivity contribution in [1.82, 2.24) is 5.32 Å². The average molecular weight is 250 g/mol. The number of hydrogen-bond donors (Lipinski definition) is 2. The van der Waals surface area contributed by atoms with Gasteiger partial charge in [0, 0.05) is 17.8 Å². The first-order chi connectivity index (χ1) is 8.74. The second-order valence-electron chi connectivity index (χ2n) is 5.29. The monoisotopic (exact) mass is 250 g/mol. The van der Waals surface area contributed by atoms with Gasteiger partial charge in [0.1, 0.15) is 5.82 Å². The van der Waals surface area contributed by atoms with Gasteiger partial charge in [0.15, 0.2) is 0 Å². The lowest BCUT2D eigenvalue weighted by Gasteiger charge is -2.22. The summed E-state index contributed by atoms with van der Waals surface area (Å²) < 4.78 is 13.1. The van der Waals surface area contributed by atoms with E-state index in [1.165, 1.54) is 31.7 Å². The van der Waals surface area contributed by atoms with E-state index in [0.717, 1.165) is 18.7 Å². The van der Waals surface area contributed by atoms with Crippen LogP contribution in [0.25, 0.3) is 0 Å². The van der Waals surface area contributed by atoms with Crippen LogP contribution >= 0.6 is 0 Å². The second-order valence-corrected chi connectivity index (χ2v) is 5.29. The number of hydrogen-bond acceptors (Lipinski definition) is 2. The summed E-state index contributed by atoms with van der Waals surface area (Å²) in [5.74, 6) is -0.181. The van der Waals surface area contributed by atoms with E-state index in [9.17, 15) is 4.39 Å². The van der Waals surface area contributed by atoms with Gasteiger partial charge in [-0.15, -0.1) is 0 Å². The van der Waals surface area contributed by atoms with Crippen molar-refractivity contribution in [3.8, 4) is 0 Å². The second kappa shape index (κ2) is 6.74. The molecule has 0 amide bonds. The molecule has 2 N–H and O–H groups in total. The van der Waals surface area contributed by atoms with Gasteiger partial charge in [-0.1, -0.05) is 18.9 Å². The van der Waals surface area contributed by atoms with E-state index < -0.39 is 0 Å². The van der Waals surface area contributed by atoms with Crippen molar-refractivity contribution >= 4 is 5.69 Å². The molecule has 1 aliphatic rings. The highest BCUT2D eigenvalue weighted by Crippen LogP contribution is 2.16. The molecule has 0 radical (unpaired) electrons. The van der Waals surface area contributed by atoms with Gasteiger partial charge in [0.2, 0.25) is 0 Å². The Morgan fingerprint density at radius 2 is 2.28 bits per heavy atom. The van der Waals surface area contributed by atoms with Gasteiger partial charge in [0.05, 0.1) is 0 Å². The van der Waals surface area contributed by atoms with Gasteiger partial charge in [-0.25, -0.2) is 4.39 Å². The molecule has 1 aliphatic heterocycles. The van der Waals surface area contributed by atoms with Crippen molar-refractivity contribution in [2.45, 2.75) is 51.1 Å². The Morgan fingerprint density at radius 3 is 3.11 bits per heavy atom. The van der Waals surface area contributed by atoms with E-state index >= 15 is 0 Å². The van der Waals surface area contributed by atoms with Crippen molar-refractivity contribution in [2.24, 2.45) is 0 Å². The van der Waals surface area contributed by atoms with Crippen LogP contribution < -0.4 is 10.6 Å². The zero-order valence-corrected chi connectivity index (χ0v) is 11.1. The number of rotatable bonds is 4. The molecule has 0 aromatic heterocycles. The van der Waals surface area contributed by atoms with Crippen molar-refractivity contribution in [3.05, 3.63) is 30.1 Å². The summed E-state index contributed by atoms with van der Waals surface area (Å²) in [7, 11) is 0. The number of halogens is 1. The topological polar surface area (TPSA) is 24.1 Å². The molecule has 2 rings (SSSR count). The lowest BCUT2D eigenvalue weighted by atomic mass is 10.0. The molecule has 1 aromatic rings. The van der Waals surface area contributed by atoms with Crippen LogP contribution in [-0.4, -0.2) is 18.6 Å². The lowest BCUT2D eigenvalue weighted by molar-refractivity contribution is 0.456. The lowest BCUT2D eigenvalue weighted by Crippen LogP contribution is -2.33. The summed E-state index contributed by atoms with van der Waals surface area (Å²) in [5.41, 5.74) is 0.871. The highest BCUT2D eigenvalue weighted by Gasteiger charge is 2.14. The summed E-state index contributed by atoms with van der Waals surface area (Å²) in [4.78, 5) is 0. The zero-order valence-electron chi connectivity index (χ0n) is 11.1. The first-order valence-corrected chi connectivity index (χ1v) is 6.99. The highest BCUT2D eigenvalue weighted by molar-refractivity contribution is 5.43. The smallest absolute Gasteiger partial charge is 0.125 e. The Hall–Kier alpha value is -1.09. The molecule has 3 heteroatoms. The standard InChI is InChI=1S/C15H23FN2/c1-12(10-14-7-3-2-4-9-17-14)18-15-8-5-6-13(16)11-15/h5-6,8,11-12,14,17-18H,2-4,7,9-10H2,1H3. The van der Waals surface area contributed by atoms with Crippen LogP contribution in [0.15, 0.2) is 24.3 Å². The van der Waals surface area contributed by atoms with Crippen LogP contribution in [0, 0.1) is 5.82 Å². The number of anilines is 1. The van der Waals surface area contributed by atoms with Crippen molar-refractivity contribution in [3.63, 3.8) is 0 Å². The van der Waals surface area contributed by atoms with Crippen LogP contribution in [0.2, 0.25) is 0 Å². The summed E-state index contributed by atoms with van der Waals surface area (Å²) >= 11 is 0. The minimum absolute atomic E-state index is 0.181. The van der Waals surface area contributed by atoms with E-state index in [4.69, 9.17) is 0 Å². The van der Waals surface area contributed by atoms with Crippen LogP contribution in [-0.2, 0) is 0 Å². The van der Waals surface area contributed by atoms with Gasteiger partial charge < -0.3 is 10.6 Å². The normalized spacial score (nSPS) is 22.2. The summed E-state index contributed by atoms with van der Waals surface area (Å²) in [6.07, 6.45) is 6.31. The first kappa shape index (κ1) is 13.3. The van der Waals surface area contributed by atoms with E-state index in [1.807, 2.05) is 6.07 Å². The molecule has 0 saturated carbocycles. The Labute approximate surface area is 109 Å². The van der Waals surface area contributed by atoms with Crippen molar-refractivity contribution in [1.29, 1.82) is 0 Å². The molecule has 1 aromatic carbocycles. The van der Waals surface area contributed by atoms with E-state index in [0.29, 0.717) is 12.1 Å². The SMILES string of the molecule is CC(CC1CCCCCN1)Nc1cccc(F)c1. The van der Waals surface area contributed by atoms with E-state index in [1.54, 1.807) is 12.1 Å². The summed E-state index contributed by atoms with van der Waals surface area (Å²) in [5, 5.41) is 6.97. The molecule has 1 fully saturated rings. The molecule has 2 nitrogen and oxygen atoms in total. The van der Waals surface area contributed by atoms with Crippen LogP contribution in [0.1, 0.15) is 39.0 Å². The summed E-state index contributed by atoms with van der Waals surface area (Å²) in [6, 6.07) is 7.65. The van der Waals surface area contributed by atoms with E-state index in [-0.39, 0.29) is 5.82 Å². The molecule has 0 bridgehead atoms. The Morgan fingerprint density at radius 1 is 1.39 bits per heavy atom. The van der Waals surface area contributed by atoms with Gasteiger partial charge in [-0.3, -0.25) is 0 Å². The molecule has 1 saturated heterocycles. The van der Waals surface area contributed by atoms with Gasteiger partial charge in [-0.2, -0.15) is 0 Å². The minimum atomic E-state index is -0.181. The van der Waals surface area contributed by atoms with Crippen molar-refractivity contribution in [2.75, 3.05) is 11.9 Å². The average Bonchev–Trinajstić information content (AvgIpc) is 2.57. The highest BCUT2D eigenvalue weighted by atomic mass is 19.1. The molecule has 2 atom stereocenters. The minimum Gasteiger partial charge on any atom is -0.382 e. The molecule has 100 valence electrons. The molecule has 18 heavy (non-hydrogen) atoms. The predicted octanol–water partition coefficient (Wildman–Crippen LogP) is 3.55. The Bertz CT molecular complexity index is 359. The number of benzene rings is 1. The van der Waals surface area contributed by atoms with Crippen LogP contribution in [0.4, 0.5) is 10.1 Å². The van der Waals surface area contributed by atoms with Gasteiger partial charge in [-0.05, 0) is 50.9 Å². The Balaban J connectivity index is 1.82. The molecular weight excluding hydrogens is 227 g/mol. The van der Waals surface area contributed by atoms with Crippen LogP contribution in [0.3, 0.4) is 0 Å². The number of nitrogens with one attached hydrogen (secondary N) is 2. The zero-order chi connectivity index (χ0) is 12.8. The quantitative estimate of drug-likeness (QED) is 0.854. The molecule has 0 aliphatic carbocycles. The van der Waals surface area contributed by atoms with Gasteiger partial charge in [0.25, 0.3) is 0 Å². The fourth-order valence-corrected chi connectivity index (χ4v) is 2.65.